The van der Waals surface area contributed by atoms with E-state index in [-0.39, 0.29) is 17.4 Å². The van der Waals surface area contributed by atoms with Crippen LogP contribution in [0.4, 0.5) is 10.5 Å². The number of rotatable bonds is 5. The number of carbonyl (C=O) groups excluding carboxylic acids is 2. The van der Waals surface area contributed by atoms with Gasteiger partial charge in [-0.25, -0.2) is 4.79 Å². The predicted molar refractivity (Wildman–Crippen MR) is 76.9 cm³/mol. The predicted octanol–water partition coefficient (Wildman–Crippen LogP) is 2.28. The molecule has 5 nitrogen and oxygen atoms in total. The van der Waals surface area contributed by atoms with Crippen molar-refractivity contribution < 1.29 is 14.7 Å². The molecule has 1 atom stereocenters. The van der Waals surface area contributed by atoms with E-state index in [4.69, 9.17) is 23.2 Å². The maximum Gasteiger partial charge on any atom is 0.319 e. The summed E-state index contributed by atoms with van der Waals surface area (Å²) in [7, 11) is 0. The van der Waals surface area contributed by atoms with E-state index >= 15 is 0 Å². The van der Waals surface area contributed by atoms with E-state index in [0.29, 0.717) is 10.7 Å². The molecule has 0 saturated heterocycles. The summed E-state index contributed by atoms with van der Waals surface area (Å²) in [6.07, 6.45) is 0.277. The fourth-order valence-electron chi connectivity index (χ4n) is 1.60. The van der Waals surface area contributed by atoms with Crippen LogP contribution in [0, 0.1) is 5.92 Å². The van der Waals surface area contributed by atoms with Gasteiger partial charge in [-0.1, -0.05) is 43.1 Å². The number of hydrogen-bond acceptors (Lipinski definition) is 3. The zero-order chi connectivity index (χ0) is 15.3. The minimum absolute atomic E-state index is 0.105. The van der Waals surface area contributed by atoms with E-state index in [1.807, 2.05) is 13.8 Å². The summed E-state index contributed by atoms with van der Waals surface area (Å²) in [5.41, 5.74) is 0.304. The molecule has 110 valence electrons. The van der Waals surface area contributed by atoms with Crippen LogP contribution in [0.25, 0.3) is 0 Å². The van der Waals surface area contributed by atoms with Crippen LogP contribution in [0.15, 0.2) is 18.2 Å². The highest BCUT2D eigenvalue weighted by Gasteiger charge is 2.16. The third kappa shape index (κ3) is 4.90. The molecule has 1 rings (SSSR count). The second-order valence-corrected chi connectivity index (χ2v) is 5.49. The third-order valence-electron chi connectivity index (χ3n) is 2.50. The Morgan fingerprint density at radius 3 is 2.50 bits per heavy atom. The number of halogens is 2. The highest BCUT2D eigenvalue weighted by atomic mass is 35.5. The lowest BCUT2D eigenvalue weighted by Crippen LogP contribution is -2.49. The van der Waals surface area contributed by atoms with Gasteiger partial charge in [0.1, 0.15) is 0 Å². The Balaban J connectivity index is 2.71. The first-order valence-corrected chi connectivity index (χ1v) is 6.79. The summed E-state index contributed by atoms with van der Waals surface area (Å²) < 4.78 is 0. The maximum absolute atomic E-state index is 11.8. The summed E-state index contributed by atoms with van der Waals surface area (Å²) in [6.45, 7) is 3.70. The number of nitrogens with one attached hydrogen (secondary N) is 2. The lowest BCUT2D eigenvalue weighted by atomic mass is 10.0. The molecule has 2 amide bonds. The first-order valence-electron chi connectivity index (χ1n) is 6.03. The summed E-state index contributed by atoms with van der Waals surface area (Å²) in [4.78, 5) is 22.7. The molecule has 0 spiro atoms. The van der Waals surface area contributed by atoms with Crippen molar-refractivity contribution in [3.63, 3.8) is 0 Å². The van der Waals surface area contributed by atoms with Gasteiger partial charge in [0.15, 0.2) is 0 Å². The van der Waals surface area contributed by atoms with Crippen molar-refractivity contribution in [3.05, 3.63) is 28.2 Å². The third-order valence-corrected chi connectivity index (χ3v) is 3.32. The number of aliphatic carboxylic acids is 1. The van der Waals surface area contributed by atoms with Crippen molar-refractivity contribution in [3.8, 4) is 0 Å². The molecule has 0 aliphatic rings. The van der Waals surface area contributed by atoms with E-state index in [1.165, 1.54) is 0 Å². The minimum atomic E-state index is -1.33. The fourth-order valence-corrected chi connectivity index (χ4v) is 1.95. The average molecular weight is 318 g/mol. The van der Waals surface area contributed by atoms with Gasteiger partial charge in [0.05, 0.1) is 27.7 Å². The number of amides is 2. The normalized spacial score (nSPS) is 12.1. The Morgan fingerprint density at radius 1 is 1.30 bits per heavy atom. The standard InChI is InChI=1S/C13H16Cl2N2O3/c1-7(2)6-10(12(18)19)17-13(20)16-9-5-3-4-8(14)11(9)15/h3-5,7,10H,6H2,1-2H3,(H,18,19)(H2,16,17,20)/p-1/t10-/m0/s1. The monoisotopic (exact) mass is 317 g/mol. The molecule has 1 aromatic carbocycles. The van der Waals surface area contributed by atoms with Gasteiger partial charge in [0.25, 0.3) is 0 Å². The average Bonchev–Trinajstić information content (AvgIpc) is 2.33. The van der Waals surface area contributed by atoms with Crippen molar-refractivity contribution in [1.82, 2.24) is 5.32 Å². The zero-order valence-electron chi connectivity index (χ0n) is 11.1. The van der Waals surface area contributed by atoms with Crippen LogP contribution in [0.1, 0.15) is 20.3 Å². The summed E-state index contributed by atoms with van der Waals surface area (Å²) in [5, 5.41) is 16.2. The number of carboxylic acid groups (broad SMARTS) is 1. The first kappa shape index (κ1) is 16.6. The number of carboxylic acids is 1. The Hall–Kier alpha value is -1.46. The molecule has 0 aromatic heterocycles. The van der Waals surface area contributed by atoms with E-state index in [9.17, 15) is 14.7 Å². The SMILES string of the molecule is CC(C)C[C@H](NC(=O)Nc1cccc(Cl)c1Cl)C(=O)[O-]. The lowest BCUT2D eigenvalue weighted by molar-refractivity contribution is -0.308. The molecule has 7 heteroatoms. The number of hydrogen-bond donors (Lipinski definition) is 2. The Bertz CT molecular complexity index is 506. The lowest BCUT2D eigenvalue weighted by Gasteiger charge is -2.21. The summed E-state index contributed by atoms with van der Waals surface area (Å²) >= 11 is 11.7. The van der Waals surface area contributed by atoms with Crippen molar-refractivity contribution in [2.24, 2.45) is 5.92 Å². The molecular formula is C13H15Cl2N2O3-. The molecule has 0 bridgehead atoms. The van der Waals surface area contributed by atoms with Crippen molar-refractivity contribution in [1.29, 1.82) is 0 Å². The molecule has 0 heterocycles. The van der Waals surface area contributed by atoms with Gasteiger partial charge < -0.3 is 20.5 Å². The van der Waals surface area contributed by atoms with Crippen LogP contribution in [0.2, 0.25) is 10.0 Å². The number of carbonyl (C=O) groups is 2. The number of urea groups is 1. The van der Waals surface area contributed by atoms with Gasteiger partial charge in [-0.15, -0.1) is 0 Å². The number of anilines is 1. The first-order chi connectivity index (χ1) is 9.31. The van der Waals surface area contributed by atoms with Gasteiger partial charge >= 0.3 is 6.03 Å². The van der Waals surface area contributed by atoms with E-state index in [0.717, 1.165) is 0 Å². The van der Waals surface area contributed by atoms with Crippen LogP contribution in [0.3, 0.4) is 0 Å². The van der Waals surface area contributed by atoms with Gasteiger partial charge in [0, 0.05) is 0 Å². The van der Waals surface area contributed by atoms with Crippen LogP contribution >= 0.6 is 23.2 Å². The highest BCUT2D eigenvalue weighted by Crippen LogP contribution is 2.29. The Kier molecular flexibility index (Phi) is 6.10. The zero-order valence-corrected chi connectivity index (χ0v) is 12.6. The largest absolute Gasteiger partial charge is 0.548 e. The molecule has 0 radical (unpaired) electrons. The van der Waals surface area contributed by atoms with Gasteiger partial charge in [-0.2, -0.15) is 0 Å². The molecule has 20 heavy (non-hydrogen) atoms. The Morgan fingerprint density at radius 2 is 1.95 bits per heavy atom. The number of benzene rings is 1. The second-order valence-electron chi connectivity index (χ2n) is 4.70. The highest BCUT2D eigenvalue weighted by molar-refractivity contribution is 6.43. The summed E-state index contributed by atoms with van der Waals surface area (Å²) in [6, 6.07) is 3.02. The molecule has 0 unspecified atom stereocenters. The fraction of sp³-hybridized carbons (Fsp3) is 0.385. The molecular weight excluding hydrogens is 303 g/mol. The van der Waals surface area contributed by atoms with Crippen LogP contribution < -0.4 is 15.7 Å². The second kappa shape index (κ2) is 7.36. The minimum Gasteiger partial charge on any atom is -0.548 e. The Labute approximate surface area is 127 Å². The molecule has 2 N–H and O–H groups in total. The molecule has 0 saturated carbocycles. The van der Waals surface area contributed by atoms with E-state index in [2.05, 4.69) is 10.6 Å². The van der Waals surface area contributed by atoms with Crippen LogP contribution in [0.5, 0.6) is 0 Å². The van der Waals surface area contributed by atoms with Gasteiger partial charge in [-0.3, -0.25) is 0 Å². The van der Waals surface area contributed by atoms with Crippen molar-refractivity contribution in [2.45, 2.75) is 26.3 Å². The smallest absolute Gasteiger partial charge is 0.319 e. The quantitative estimate of drug-likeness (QED) is 0.874. The van der Waals surface area contributed by atoms with Crippen molar-refractivity contribution in [2.75, 3.05) is 5.32 Å². The molecule has 0 fully saturated rings. The van der Waals surface area contributed by atoms with Gasteiger partial charge in [-0.05, 0) is 24.5 Å². The molecule has 0 aliphatic heterocycles. The van der Waals surface area contributed by atoms with E-state index in [1.54, 1.807) is 18.2 Å². The van der Waals surface area contributed by atoms with Crippen LogP contribution in [-0.2, 0) is 4.79 Å². The molecule has 0 aliphatic carbocycles. The summed E-state index contributed by atoms with van der Waals surface area (Å²) in [5.74, 6) is -1.22. The van der Waals surface area contributed by atoms with Crippen molar-refractivity contribution >= 4 is 40.9 Å². The van der Waals surface area contributed by atoms with Crippen LogP contribution in [-0.4, -0.2) is 18.0 Å². The van der Waals surface area contributed by atoms with Gasteiger partial charge in [0.2, 0.25) is 0 Å². The molecule has 1 aromatic rings. The van der Waals surface area contributed by atoms with E-state index < -0.39 is 18.0 Å². The topological polar surface area (TPSA) is 81.3 Å². The maximum atomic E-state index is 11.8.